The van der Waals surface area contributed by atoms with Crippen molar-refractivity contribution in [2.45, 2.75) is 5.54 Å². The van der Waals surface area contributed by atoms with E-state index >= 15 is 0 Å². The third kappa shape index (κ3) is 2.22. The van der Waals surface area contributed by atoms with E-state index in [-0.39, 0.29) is 5.91 Å². The second-order valence-corrected chi connectivity index (χ2v) is 5.23. The zero-order chi connectivity index (χ0) is 14.7. The molecule has 0 aliphatic carbocycles. The first kappa shape index (κ1) is 13.8. The summed E-state index contributed by atoms with van der Waals surface area (Å²) < 4.78 is 0. The Morgan fingerprint density at radius 1 is 1.00 bits per heavy atom. The van der Waals surface area contributed by atoms with Crippen LogP contribution in [0.15, 0.2) is 60.7 Å². The Bertz CT molecular complexity index is 567. The molecule has 3 N–H and O–H groups in total. The summed E-state index contributed by atoms with van der Waals surface area (Å²) in [4.78, 5) is 14.7. The second-order valence-electron chi connectivity index (χ2n) is 5.23. The van der Waals surface area contributed by atoms with E-state index in [2.05, 4.69) is 10.2 Å². The van der Waals surface area contributed by atoms with Crippen LogP contribution in [-0.4, -0.2) is 30.6 Å². The van der Waals surface area contributed by atoms with Gasteiger partial charge in [-0.15, -0.1) is 0 Å². The maximum atomic E-state index is 12.6. The molecule has 1 heterocycles. The Labute approximate surface area is 124 Å². The van der Waals surface area contributed by atoms with Crippen molar-refractivity contribution < 1.29 is 4.79 Å². The molecule has 108 valence electrons. The van der Waals surface area contributed by atoms with E-state index in [4.69, 9.17) is 5.73 Å². The van der Waals surface area contributed by atoms with Gasteiger partial charge in [0, 0.05) is 19.8 Å². The van der Waals surface area contributed by atoms with Crippen molar-refractivity contribution in [3.05, 3.63) is 71.8 Å². The standard InChI is InChI=1S/C17H19N3O/c18-16(21)17(20-12-11-19-13-20,14-7-3-1-4-8-14)15-9-5-2-6-10-15/h1-10,19H,11-13H2,(H2,18,21). The van der Waals surface area contributed by atoms with Gasteiger partial charge in [-0.05, 0) is 11.1 Å². The molecule has 2 aromatic carbocycles. The van der Waals surface area contributed by atoms with Crippen LogP contribution in [0.2, 0.25) is 0 Å². The summed E-state index contributed by atoms with van der Waals surface area (Å²) in [5.74, 6) is -0.344. The lowest BCUT2D eigenvalue weighted by molar-refractivity contribution is -0.127. The van der Waals surface area contributed by atoms with Crippen LogP contribution in [0.5, 0.6) is 0 Å². The van der Waals surface area contributed by atoms with Crippen molar-refractivity contribution in [3.8, 4) is 0 Å². The Morgan fingerprint density at radius 2 is 1.52 bits per heavy atom. The zero-order valence-corrected chi connectivity index (χ0v) is 11.8. The number of hydrogen-bond donors (Lipinski definition) is 2. The van der Waals surface area contributed by atoms with Crippen LogP contribution in [-0.2, 0) is 10.3 Å². The van der Waals surface area contributed by atoms with Gasteiger partial charge in [0.1, 0.15) is 0 Å². The number of nitrogens with one attached hydrogen (secondary N) is 1. The van der Waals surface area contributed by atoms with Crippen LogP contribution in [0.4, 0.5) is 0 Å². The van der Waals surface area contributed by atoms with E-state index in [1.165, 1.54) is 0 Å². The molecule has 0 bridgehead atoms. The Balaban J connectivity index is 2.24. The lowest BCUT2D eigenvalue weighted by Crippen LogP contribution is -2.55. The highest BCUT2D eigenvalue weighted by molar-refractivity contribution is 5.90. The minimum atomic E-state index is -0.925. The third-order valence-corrected chi connectivity index (χ3v) is 4.08. The maximum Gasteiger partial charge on any atom is 0.247 e. The normalized spacial score (nSPS) is 16.0. The summed E-state index contributed by atoms with van der Waals surface area (Å²) in [6.45, 7) is 2.29. The van der Waals surface area contributed by atoms with Gasteiger partial charge in [0.05, 0.1) is 0 Å². The second kappa shape index (κ2) is 5.68. The van der Waals surface area contributed by atoms with Crippen molar-refractivity contribution >= 4 is 5.91 Å². The summed E-state index contributed by atoms with van der Waals surface area (Å²) in [7, 11) is 0. The number of carbonyl (C=O) groups is 1. The van der Waals surface area contributed by atoms with Crippen LogP contribution in [0.1, 0.15) is 11.1 Å². The molecule has 0 saturated carbocycles. The van der Waals surface area contributed by atoms with Gasteiger partial charge in [-0.2, -0.15) is 0 Å². The Hall–Kier alpha value is -2.17. The molecule has 0 unspecified atom stereocenters. The summed E-state index contributed by atoms with van der Waals surface area (Å²) in [5, 5.41) is 3.29. The Kier molecular flexibility index (Phi) is 3.73. The van der Waals surface area contributed by atoms with Crippen LogP contribution in [0, 0.1) is 0 Å². The van der Waals surface area contributed by atoms with E-state index in [0.29, 0.717) is 6.67 Å². The molecule has 21 heavy (non-hydrogen) atoms. The molecule has 2 aromatic rings. The van der Waals surface area contributed by atoms with Crippen molar-refractivity contribution in [3.63, 3.8) is 0 Å². The first-order valence-corrected chi connectivity index (χ1v) is 7.13. The van der Waals surface area contributed by atoms with Crippen molar-refractivity contribution in [1.82, 2.24) is 10.2 Å². The number of amides is 1. The van der Waals surface area contributed by atoms with Crippen LogP contribution in [0.3, 0.4) is 0 Å². The summed E-state index contributed by atoms with van der Waals surface area (Å²) in [6, 6.07) is 19.5. The highest BCUT2D eigenvalue weighted by Gasteiger charge is 2.46. The lowest BCUT2D eigenvalue weighted by atomic mass is 9.80. The van der Waals surface area contributed by atoms with Crippen molar-refractivity contribution in [2.24, 2.45) is 5.73 Å². The molecule has 0 aromatic heterocycles. The Morgan fingerprint density at radius 3 is 1.90 bits per heavy atom. The molecular weight excluding hydrogens is 262 g/mol. The monoisotopic (exact) mass is 281 g/mol. The summed E-state index contributed by atoms with van der Waals surface area (Å²) >= 11 is 0. The van der Waals surface area contributed by atoms with Gasteiger partial charge < -0.3 is 11.1 Å². The fraction of sp³-hybridized carbons (Fsp3) is 0.235. The first-order valence-electron chi connectivity index (χ1n) is 7.13. The van der Waals surface area contributed by atoms with Crippen LogP contribution >= 0.6 is 0 Å². The molecule has 1 aliphatic heterocycles. The van der Waals surface area contributed by atoms with Crippen molar-refractivity contribution in [1.29, 1.82) is 0 Å². The number of nitrogens with two attached hydrogens (primary N) is 1. The number of hydrogen-bond acceptors (Lipinski definition) is 3. The molecule has 3 rings (SSSR count). The average Bonchev–Trinajstić information content (AvgIpc) is 3.04. The molecule has 1 aliphatic rings. The maximum absolute atomic E-state index is 12.6. The van der Waals surface area contributed by atoms with Crippen LogP contribution in [0.25, 0.3) is 0 Å². The van der Waals surface area contributed by atoms with Gasteiger partial charge in [-0.3, -0.25) is 9.69 Å². The number of nitrogens with zero attached hydrogens (tertiary/aromatic N) is 1. The molecule has 0 spiro atoms. The fourth-order valence-electron chi connectivity index (χ4n) is 3.12. The number of benzene rings is 2. The minimum Gasteiger partial charge on any atom is -0.367 e. The molecule has 1 fully saturated rings. The predicted molar refractivity (Wildman–Crippen MR) is 82.4 cm³/mol. The topological polar surface area (TPSA) is 58.4 Å². The smallest absolute Gasteiger partial charge is 0.247 e. The molecule has 0 radical (unpaired) electrons. The lowest BCUT2D eigenvalue weighted by Gasteiger charge is -2.39. The highest BCUT2D eigenvalue weighted by atomic mass is 16.1. The van der Waals surface area contributed by atoms with E-state index in [1.54, 1.807) is 0 Å². The molecule has 0 atom stereocenters. The SMILES string of the molecule is NC(=O)C(c1ccccc1)(c1ccccc1)N1CCNC1. The summed E-state index contributed by atoms with van der Waals surface area (Å²) in [6.07, 6.45) is 0. The quantitative estimate of drug-likeness (QED) is 0.887. The van der Waals surface area contributed by atoms with Gasteiger partial charge in [0.15, 0.2) is 5.54 Å². The van der Waals surface area contributed by atoms with Gasteiger partial charge in [0.2, 0.25) is 5.91 Å². The van der Waals surface area contributed by atoms with Crippen molar-refractivity contribution in [2.75, 3.05) is 19.8 Å². The fourth-order valence-corrected chi connectivity index (χ4v) is 3.12. The van der Waals surface area contributed by atoms with Crippen LogP contribution < -0.4 is 11.1 Å². The summed E-state index contributed by atoms with van der Waals surface area (Å²) in [5.41, 5.74) is 6.80. The number of primary amides is 1. The van der Waals surface area contributed by atoms with E-state index in [1.807, 2.05) is 60.7 Å². The zero-order valence-electron chi connectivity index (χ0n) is 11.8. The molecule has 4 heteroatoms. The van der Waals surface area contributed by atoms with E-state index < -0.39 is 5.54 Å². The number of carbonyl (C=O) groups excluding carboxylic acids is 1. The molecule has 4 nitrogen and oxygen atoms in total. The van der Waals surface area contributed by atoms with E-state index in [0.717, 1.165) is 24.2 Å². The largest absolute Gasteiger partial charge is 0.367 e. The predicted octanol–water partition coefficient (Wildman–Crippen LogP) is 1.28. The molecule has 1 amide bonds. The van der Waals surface area contributed by atoms with Gasteiger partial charge in [0.25, 0.3) is 0 Å². The van der Waals surface area contributed by atoms with Gasteiger partial charge in [-0.25, -0.2) is 0 Å². The highest BCUT2D eigenvalue weighted by Crippen LogP contribution is 2.36. The number of rotatable bonds is 4. The molecule has 1 saturated heterocycles. The van der Waals surface area contributed by atoms with Gasteiger partial charge in [-0.1, -0.05) is 60.7 Å². The average molecular weight is 281 g/mol. The van der Waals surface area contributed by atoms with Gasteiger partial charge >= 0.3 is 0 Å². The molecular formula is C17H19N3O. The minimum absolute atomic E-state index is 0.344. The van der Waals surface area contributed by atoms with E-state index in [9.17, 15) is 4.79 Å². The third-order valence-electron chi connectivity index (χ3n) is 4.08. The first-order chi connectivity index (χ1) is 10.3.